The Morgan fingerprint density at radius 3 is 2.94 bits per heavy atom. The van der Waals surface area contributed by atoms with Gasteiger partial charge in [0.25, 0.3) is 0 Å². The van der Waals surface area contributed by atoms with Gasteiger partial charge in [-0.25, -0.2) is 9.37 Å². The van der Waals surface area contributed by atoms with Crippen molar-refractivity contribution in [1.82, 2.24) is 9.55 Å². The number of halogens is 2. The lowest BCUT2D eigenvalue weighted by atomic mass is 10.3. The third-order valence-electron chi connectivity index (χ3n) is 2.97. The summed E-state index contributed by atoms with van der Waals surface area (Å²) in [5.74, 6) is 0.966. The molecule has 1 heterocycles. The Bertz CT molecular complexity index is 541. The second-order valence-electron chi connectivity index (χ2n) is 4.23. The zero-order valence-electron chi connectivity index (χ0n) is 10.5. The molecule has 0 radical (unpaired) electrons. The van der Waals surface area contributed by atoms with Gasteiger partial charge in [0.05, 0.1) is 18.2 Å². The van der Waals surface area contributed by atoms with Crippen LogP contribution in [0.3, 0.4) is 0 Å². The molecule has 3 nitrogen and oxygen atoms in total. The Balaban J connectivity index is 2.52. The summed E-state index contributed by atoms with van der Waals surface area (Å²) in [4.78, 5) is 4.34. The van der Waals surface area contributed by atoms with Crippen LogP contribution >= 0.6 is 11.6 Å². The van der Waals surface area contributed by atoms with Crippen LogP contribution in [-0.4, -0.2) is 28.6 Å². The van der Waals surface area contributed by atoms with Crippen LogP contribution in [0, 0.1) is 5.82 Å². The fourth-order valence-electron chi connectivity index (χ4n) is 1.97. The normalized spacial score (nSPS) is 13.1. The Morgan fingerprint density at radius 1 is 1.50 bits per heavy atom. The van der Waals surface area contributed by atoms with Crippen molar-refractivity contribution < 1.29 is 9.13 Å². The lowest BCUT2D eigenvalue weighted by molar-refractivity contribution is 0.103. The first-order chi connectivity index (χ1) is 8.67. The maximum Gasteiger partial charge on any atom is 0.151 e. The van der Waals surface area contributed by atoms with E-state index in [4.69, 9.17) is 16.3 Å². The molecule has 1 aromatic carbocycles. The summed E-state index contributed by atoms with van der Waals surface area (Å²) in [6.45, 7) is 2.61. The monoisotopic (exact) mass is 270 g/mol. The minimum Gasteiger partial charge on any atom is -0.380 e. The molecule has 18 heavy (non-hydrogen) atoms. The summed E-state index contributed by atoms with van der Waals surface area (Å²) in [5, 5.41) is 0. The fourth-order valence-corrected chi connectivity index (χ4v) is 2.14. The highest BCUT2D eigenvalue weighted by molar-refractivity contribution is 6.17. The quantitative estimate of drug-likeness (QED) is 0.781. The number of ether oxygens (including phenoxy) is 1. The maximum atomic E-state index is 13.7. The van der Waals surface area contributed by atoms with Crippen molar-refractivity contribution in [3.63, 3.8) is 0 Å². The number of alkyl halides is 1. The third kappa shape index (κ3) is 2.49. The molecule has 0 fully saturated rings. The molecule has 0 amide bonds. The summed E-state index contributed by atoms with van der Waals surface area (Å²) in [6, 6.07) is 4.98. The number of nitrogens with zero attached hydrogens (tertiary/aromatic N) is 2. The third-order valence-corrected chi connectivity index (χ3v) is 3.16. The molecule has 0 aliphatic heterocycles. The maximum absolute atomic E-state index is 13.7. The SMILES string of the molecule is COC(C)Cn1c(CCCl)nc2c(F)cccc21. The van der Waals surface area contributed by atoms with Crippen molar-refractivity contribution in [2.24, 2.45) is 0 Å². The van der Waals surface area contributed by atoms with E-state index >= 15 is 0 Å². The van der Waals surface area contributed by atoms with E-state index < -0.39 is 0 Å². The number of rotatable bonds is 5. The van der Waals surface area contributed by atoms with Crippen molar-refractivity contribution in [3.8, 4) is 0 Å². The lowest BCUT2D eigenvalue weighted by Crippen LogP contribution is -2.17. The minimum atomic E-state index is -0.299. The highest BCUT2D eigenvalue weighted by Gasteiger charge is 2.14. The van der Waals surface area contributed by atoms with Crippen molar-refractivity contribution >= 4 is 22.6 Å². The highest BCUT2D eigenvalue weighted by atomic mass is 35.5. The van der Waals surface area contributed by atoms with Crippen LogP contribution in [0.2, 0.25) is 0 Å². The van der Waals surface area contributed by atoms with E-state index in [1.165, 1.54) is 6.07 Å². The molecule has 0 saturated heterocycles. The van der Waals surface area contributed by atoms with Gasteiger partial charge in [0, 0.05) is 19.4 Å². The van der Waals surface area contributed by atoms with E-state index in [2.05, 4.69) is 4.98 Å². The van der Waals surface area contributed by atoms with Crippen LogP contribution < -0.4 is 0 Å². The van der Waals surface area contributed by atoms with Gasteiger partial charge in [-0.2, -0.15) is 0 Å². The highest BCUT2D eigenvalue weighted by Crippen LogP contribution is 2.20. The molecule has 5 heteroatoms. The van der Waals surface area contributed by atoms with Crippen molar-refractivity contribution in [2.75, 3.05) is 13.0 Å². The smallest absolute Gasteiger partial charge is 0.151 e. The Morgan fingerprint density at radius 2 is 2.28 bits per heavy atom. The van der Waals surface area contributed by atoms with Gasteiger partial charge < -0.3 is 9.30 Å². The van der Waals surface area contributed by atoms with Gasteiger partial charge in [-0.3, -0.25) is 0 Å². The molecule has 2 rings (SSSR count). The van der Waals surface area contributed by atoms with Crippen LogP contribution in [0.25, 0.3) is 11.0 Å². The van der Waals surface area contributed by atoms with E-state index in [-0.39, 0.29) is 11.9 Å². The number of benzene rings is 1. The van der Waals surface area contributed by atoms with Gasteiger partial charge in [0.1, 0.15) is 11.3 Å². The van der Waals surface area contributed by atoms with Crippen LogP contribution in [0.1, 0.15) is 12.7 Å². The largest absolute Gasteiger partial charge is 0.380 e. The standard InChI is InChI=1S/C13H16ClFN2O/c1-9(18-2)8-17-11-5-3-4-10(15)13(11)16-12(17)6-7-14/h3-5,9H,6-8H2,1-2H3. The molecule has 0 N–H and O–H groups in total. The number of fused-ring (bicyclic) bond motifs is 1. The molecule has 0 saturated carbocycles. The second kappa shape index (κ2) is 5.67. The number of methoxy groups -OCH3 is 1. The Hall–Kier alpha value is -1.13. The van der Waals surface area contributed by atoms with Gasteiger partial charge in [-0.15, -0.1) is 11.6 Å². The predicted octanol–water partition coefficient (Wildman–Crippen LogP) is 2.99. The first kappa shape index (κ1) is 13.3. The molecular weight excluding hydrogens is 255 g/mol. The van der Waals surface area contributed by atoms with E-state index in [1.807, 2.05) is 17.6 Å². The second-order valence-corrected chi connectivity index (χ2v) is 4.61. The molecule has 0 aliphatic rings. The first-order valence-corrected chi connectivity index (χ1v) is 6.43. The average Bonchev–Trinajstić information content (AvgIpc) is 2.70. The van der Waals surface area contributed by atoms with E-state index in [0.29, 0.717) is 24.4 Å². The number of hydrogen-bond donors (Lipinski definition) is 0. The number of para-hydroxylation sites is 1. The Kier molecular flexibility index (Phi) is 4.19. The number of aryl methyl sites for hydroxylation is 1. The van der Waals surface area contributed by atoms with Crippen LogP contribution in [0.4, 0.5) is 4.39 Å². The van der Waals surface area contributed by atoms with Crippen molar-refractivity contribution in [2.45, 2.75) is 26.0 Å². The fraction of sp³-hybridized carbons (Fsp3) is 0.462. The Labute approximate surface area is 111 Å². The molecule has 0 spiro atoms. The predicted molar refractivity (Wildman–Crippen MR) is 70.6 cm³/mol. The van der Waals surface area contributed by atoms with E-state index in [9.17, 15) is 4.39 Å². The molecule has 98 valence electrons. The molecular formula is C13H16ClFN2O. The van der Waals surface area contributed by atoms with Crippen LogP contribution in [0.15, 0.2) is 18.2 Å². The number of hydrogen-bond acceptors (Lipinski definition) is 2. The summed E-state index contributed by atoms with van der Waals surface area (Å²) >= 11 is 5.77. The van der Waals surface area contributed by atoms with Gasteiger partial charge >= 0.3 is 0 Å². The molecule has 0 aliphatic carbocycles. The van der Waals surface area contributed by atoms with Gasteiger partial charge in [-0.05, 0) is 19.1 Å². The number of aromatic nitrogens is 2. The topological polar surface area (TPSA) is 27.1 Å². The van der Waals surface area contributed by atoms with Gasteiger partial charge in [0.15, 0.2) is 5.82 Å². The minimum absolute atomic E-state index is 0.0414. The molecule has 1 atom stereocenters. The van der Waals surface area contributed by atoms with Crippen molar-refractivity contribution in [1.29, 1.82) is 0 Å². The molecule has 1 aromatic heterocycles. The van der Waals surface area contributed by atoms with Gasteiger partial charge in [0.2, 0.25) is 0 Å². The van der Waals surface area contributed by atoms with E-state index in [0.717, 1.165) is 11.3 Å². The van der Waals surface area contributed by atoms with Gasteiger partial charge in [-0.1, -0.05) is 6.07 Å². The van der Waals surface area contributed by atoms with E-state index in [1.54, 1.807) is 13.2 Å². The zero-order valence-corrected chi connectivity index (χ0v) is 11.2. The summed E-state index contributed by atoms with van der Waals surface area (Å²) in [7, 11) is 1.66. The number of imidazole rings is 1. The van der Waals surface area contributed by atoms with Crippen molar-refractivity contribution in [3.05, 3.63) is 29.8 Å². The average molecular weight is 271 g/mol. The van der Waals surface area contributed by atoms with Crippen LogP contribution in [0.5, 0.6) is 0 Å². The lowest BCUT2D eigenvalue weighted by Gasteiger charge is -2.13. The summed E-state index contributed by atoms with van der Waals surface area (Å²) in [6.07, 6.45) is 0.659. The van der Waals surface area contributed by atoms with Crippen LogP contribution in [-0.2, 0) is 17.7 Å². The molecule has 0 bridgehead atoms. The summed E-state index contributed by atoms with van der Waals surface area (Å²) in [5.41, 5.74) is 1.19. The zero-order chi connectivity index (χ0) is 13.1. The first-order valence-electron chi connectivity index (χ1n) is 5.89. The molecule has 1 unspecified atom stereocenters. The summed E-state index contributed by atoms with van der Waals surface area (Å²) < 4.78 is 20.9. The molecule has 2 aromatic rings.